The molecule has 0 aromatic heterocycles. The standard InChI is InChI=1S/C19H20ClFN2O2/c1-13-11-15(25-2)10-9-14(13)5-3-8-19(24)23-22-12-16-17(20)6-4-7-18(16)21/h4,6-7,9-12H,3,5,8H2,1-2H3,(H,23,24)/b22-12-. The summed E-state index contributed by atoms with van der Waals surface area (Å²) in [7, 11) is 1.63. The third kappa shape index (κ3) is 5.57. The number of hydrogen-bond acceptors (Lipinski definition) is 3. The first-order chi connectivity index (χ1) is 12.0. The SMILES string of the molecule is COc1ccc(CCCC(=O)N/N=C\c2c(F)cccc2Cl)c(C)c1. The van der Waals surface area contributed by atoms with Crippen molar-refractivity contribution in [2.24, 2.45) is 5.10 Å². The lowest BCUT2D eigenvalue weighted by atomic mass is 10.0. The van der Waals surface area contributed by atoms with Crippen molar-refractivity contribution in [3.8, 4) is 5.75 Å². The van der Waals surface area contributed by atoms with E-state index in [0.717, 1.165) is 17.7 Å². The topological polar surface area (TPSA) is 50.7 Å². The molecule has 0 aliphatic rings. The van der Waals surface area contributed by atoms with E-state index in [1.807, 2.05) is 25.1 Å². The number of nitrogens with zero attached hydrogens (tertiary/aromatic N) is 1. The summed E-state index contributed by atoms with van der Waals surface area (Å²) in [5.41, 5.74) is 4.85. The number of rotatable bonds is 7. The second-order valence-electron chi connectivity index (χ2n) is 5.57. The summed E-state index contributed by atoms with van der Waals surface area (Å²) < 4.78 is 18.7. The van der Waals surface area contributed by atoms with E-state index in [1.54, 1.807) is 13.2 Å². The number of carbonyl (C=O) groups excluding carboxylic acids is 1. The van der Waals surface area contributed by atoms with Crippen molar-refractivity contribution in [2.45, 2.75) is 26.2 Å². The van der Waals surface area contributed by atoms with Crippen molar-refractivity contribution < 1.29 is 13.9 Å². The van der Waals surface area contributed by atoms with Gasteiger partial charge in [0.15, 0.2) is 0 Å². The van der Waals surface area contributed by atoms with Crippen molar-refractivity contribution in [1.82, 2.24) is 5.43 Å². The fraction of sp³-hybridized carbons (Fsp3) is 0.263. The zero-order chi connectivity index (χ0) is 18.2. The number of ether oxygens (including phenoxy) is 1. The van der Waals surface area contributed by atoms with E-state index in [4.69, 9.17) is 16.3 Å². The van der Waals surface area contributed by atoms with E-state index >= 15 is 0 Å². The maximum Gasteiger partial charge on any atom is 0.240 e. The molecule has 1 N–H and O–H groups in total. The monoisotopic (exact) mass is 362 g/mol. The number of hydrazone groups is 1. The van der Waals surface area contributed by atoms with E-state index in [-0.39, 0.29) is 16.5 Å². The van der Waals surface area contributed by atoms with Crippen molar-refractivity contribution >= 4 is 23.7 Å². The summed E-state index contributed by atoms with van der Waals surface area (Å²) in [6.45, 7) is 2.01. The van der Waals surface area contributed by atoms with E-state index in [1.165, 1.54) is 23.9 Å². The molecule has 0 atom stereocenters. The molecule has 2 rings (SSSR count). The molecular formula is C19H20ClFN2O2. The molecule has 0 bridgehead atoms. The summed E-state index contributed by atoms with van der Waals surface area (Å²) in [6.07, 6.45) is 3.01. The Hall–Kier alpha value is -2.40. The average molecular weight is 363 g/mol. The molecule has 6 heteroatoms. The molecule has 0 aliphatic heterocycles. The van der Waals surface area contributed by atoms with Crippen LogP contribution in [0.25, 0.3) is 0 Å². The number of hydrogen-bond donors (Lipinski definition) is 1. The van der Waals surface area contributed by atoms with Crippen molar-refractivity contribution in [3.63, 3.8) is 0 Å². The lowest BCUT2D eigenvalue weighted by Crippen LogP contribution is -2.17. The van der Waals surface area contributed by atoms with Gasteiger partial charge in [-0.3, -0.25) is 4.79 Å². The second-order valence-corrected chi connectivity index (χ2v) is 5.98. The van der Waals surface area contributed by atoms with E-state index < -0.39 is 5.82 Å². The molecule has 25 heavy (non-hydrogen) atoms. The van der Waals surface area contributed by atoms with Gasteiger partial charge in [0, 0.05) is 12.0 Å². The van der Waals surface area contributed by atoms with E-state index in [0.29, 0.717) is 12.8 Å². The van der Waals surface area contributed by atoms with Gasteiger partial charge < -0.3 is 4.74 Å². The third-order valence-corrected chi connectivity index (χ3v) is 4.11. The summed E-state index contributed by atoms with van der Waals surface area (Å²) in [4.78, 5) is 11.8. The first-order valence-corrected chi connectivity index (χ1v) is 8.28. The third-order valence-electron chi connectivity index (χ3n) is 3.78. The molecule has 0 unspecified atom stereocenters. The van der Waals surface area contributed by atoms with Gasteiger partial charge in [-0.25, -0.2) is 9.82 Å². The molecule has 2 aromatic carbocycles. The first-order valence-electron chi connectivity index (χ1n) is 7.90. The predicted octanol–water partition coefficient (Wildman–Crippen LogP) is 4.27. The lowest BCUT2D eigenvalue weighted by Gasteiger charge is -2.07. The van der Waals surface area contributed by atoms with Crippen LogP contribution in [0, 0.1) is 12.7 Å². The van der Waals surface area contributed by atoms with Crippen LogP contribution in [0.4, 0.5) is 4.39 Å². The van der Waals surface area contributed by atoms with Crippen molar-refractivity contribution in [2.75, 3.05) is 7.11 Å². The van der Waals surface area contributed by atoms with Gasteiger partial charge >= 0.3 is 0 Å². The molecule has 2 aromatic rings. The van der Waals surface area contributed by atoms with Gasteiger partial charge in [-0.2, -0.15) is 5.10 Å². The van der Waals surface area contributed by atoms with Gasteiger partial charge in [-0.1, -0.05) is 23.7 Å². The quantitative estimate of drug-likeness (QED) is 0.590. The number of halogens is 2. The fourth-order valence-corrected chi connectivity index (χ4v) is 2.59. The Morgan fingerprint density at radius 2 is 2.16 bits per heavy atom. The van der Waals surface area contributed by atoms with E-state index in [2.05, 4.69) is 10.5 Å². The fourth-order valence-electron chi connectivity index (χ4n) is 2.37. The van der Waals surface area contributed by atoms with Crippen LogP contribution in [0.3, 0.4) is 0 Å². The number of methoxy groups -OCH3 is 1. The summed E-state index contributed by atoms with van der Waals surface area (Å²) >= 11 is 5.88. The molecule has 1 amide bonds. The highest BCUT2D eigenvalue weighted by atomic mass is 35.5. The molecule has 0 saturated heterocycles. The Labute approximate surface area is 151 Å². The molecule has 0 aliphatic carbocycles. The molecule has 0 spiro atoms. The molecule has 0 saturated carbocycles. The summed E-state index contributed by atoms with van der Waals surface area (Å²) in [5, 5.41) is 4.01. The first kappa shape index (κ1) is 18.9. The van der Waals surface area contributed by atoms with Gasteiger partial charge in [-0.15, -0.1) is 0 Å². The highest BCUT2D eigenvalue weighted by Crippen LogP contribution is 2.18. The van der Waals surface area contributed by atoms with Gasteiger partial charge in [0.2, 0.25) is 5.91 Å². The highest BCUT2D eigenvalue weighted by molar-refractivity contribution is 6.33. The largest absolute Gasteiger partial charge is 0.497 e. The van der Waals surface area contributed by atoms with Crippen LogP contribution in [-0.2, 0) is 11.2 Å². The number of amides is 1. The molecule has 4 nitrogen and oxygen atoms in total. The highest BCUT2D eigenvalue weighted by Gasteiger charge is 2.05. The minimum atomic E-state index is -0.486. The van der Waals surface area contributed by atoms with Gasteiger partial charge in [-0.05, 0) is 55.2 Å². The maximum atomic E-state index is 13.6. The van der Waals surface area contributed by atoms with Crippen LogP contribution in [-0.4, -0.2) is 19.2 Å². The van der Waals surface area contributed by atoms with Crippen LogP contribution in [0.1, 0.15) is 29.5 Å². The normalized spacial score (nSPS) is 10.9. The average Bonchev–Trinajstić information content (AvgIpc) is 2.59. The minimum Gasteiger partial charge on any atom is -0.497 e. The molecule has 0 heterocycles. The van der Waals surface area contributed by atoms with Crippen molar-refractivity contribution in [3.05, 3.63) is 63.9 Å². The van der Waals surface area contributed by atoms with Crippen LogP contribution in [0.5, 0.6) is 5.75 Å². The van der Waals surface area contributed by atoms with Crippen LogP contribution < -0.4 is 10.2 Å². The predicted molar refractivity (Wildman–Crippen MR) is 97.8 cm³/mol. The number of benzene rings is 2. The minimum absolute atomic E-state index is 0.151. The Kier molecular flexibility index (Phi) is 6.95. The Balaban J connectivity index is 1.80. The number of nitrogens with one attached hydrogen (secondary N) is 1. The summed E-state index contributed by atoms with van der Waals surface area (Å²) in [6, 6.07) is 10.2. The number of aryl methyl sites for hydroxylation is 2. The van der Waals surface area contributed by atoms with Gasteiger partial charge in [0.1, 0.15) is 11.6 Å². The van der Waals surface area contributed by atoms with E-state index in [9.17, 15) is 9.18 Å². The van der Waals surface area contributed by atoms with Gasteiger partial charge in [0.05, 0.1) is 18.3 Å². The van der Waals surface area contributed by atoms with Crippen LogP contribution in [0.15, 0.2) is 41.5 Å². The molecule has 132 valence electrons. The second kappa shape index (κ2) is 9.18. The van der Waals surface area contributed by atoms with Crippen molar-refractivity contribution in [1.29, 1.82) is 0 Å². The Morgan fingerprint density at radius 1 is 1.36 bits per heavy atom. The molecular weight excluding hydrogens is 343 g/mol. The Morgan fingerprint density at radius 3 is 2.84 bits per heavy atom. The number of carbonyl (C=O) groups is 1. The smallest absolute Gasteiger partial charge is 0.240 e. The van der Waals surface area contributed by atoms with Crippen LogP contribution in [0.2, 0.25) is 5.02 Å². The molecule has 0 fully saturated rings. The zero-order valence-corrected chi connectivity index (χ0v) is 14.9. The molecule has 0 radical (unpaired) electrons. The summed E-state index contributed by atoms with van der Waals surface area (Å²) in [5.74, 6) is 0.107. The Bertz CT molecular complexity index is 758. The van der Waals surface area contributed by atoms with Crippen LogP contribution >= 0.6 is 11.6 Å². The maximum absolute atomic E-state index is 13.6. The lowest BCUT2D eigenvalue weighted by molar-refractivity contribution is -0.121. The van der Waals surface area contributed by atoms with Gasteiger partial charge in [0.25, 0.3) is 0 Å². The zero-order valence-electron chi connectivity index (χ0n) is 14.2.